The number of nitrogens with two attached hydrogens (primary N) is 1. The normalized spacial score (nSPS) is 17.8. The highest BCUT2D eigenvalue weighted by Gasteiger charge is 2.32. The molecule has 4 rings (SSSR count). The van der Waals surface area contributed by atoms with Crippen molar-refractivity contribution in [1.82, 2.24) is 4.90 Å². The number of nitrogens with zero attached hydrogens (tertiary/aromatic N) is 1. The molecule has 1 aromatic heterocycles. The zero-order valence-corrected chi connectivity index (χ0v) is 13.0. The molecule has 1 unspecified atom stereocenters. The van der Waals surface area contributed by atoms with E-state index in [1.165, 1.54) is 6.07 Å². The van der Waals surface area contributed by atoms with E-state index in [4.69, 9.17) is 10.2 Å². The smallest absolute Gasteiger partial charge is 0.234 e. The molecular weight excluding hydrogens is 307 g/mol. The molecule has 1 saturated heterocycles. The molecule has 5 heteroatoms. The number of benzene rings is 2. The van der Waals surface area contributed by atoms with Crippen LogP contribution in [0.4, 0.5) is 4.39 Å². The van der Waals surface area contributed by atoms with Gasteiger partial charge in [-0.25, -0.2) is 4.39 Å². The van der Waals surface area contributed by atoms with Crippen LogP contribution in [-0.2, 0) is 11.3 Å². The summed E-state index contributed by atoms with van der Waals surface area (Å²) in [6, 6.07) is 14.1. The summed E-state index contributed by atoms with van der Waals surface area (Å²) in [7, 11) is 0. The van der Waals surface area contributed by atoms with Crippen LogP contribution in [0.1, 0.15) is 12.0 Å². The molecule has 0 radical (unpaired) electrons. The second kappa shape index (κ2) is 5.76. The highest BCUT2D eigenvalue weighted by Crippen LogP contribution is 2.30. The Kier molecular flexibility index (Phi) is 3.58. The van der Waals surface area contributed by atoms with Gasteiger partial charge in [0.25, 0.3) is 0 Å². The van der Waals surface area contributed by atoms with Gasteiger partial charge in [0.05, 0.1) is 11.6 Å². The minimum atomic E-state index is -0.304. The number of hydrogen-bond donors (Lipinski definition) is 1. The average Bonchev–Trinajstić information content (AvgIpc) is 2.94. The fourth-order valence-corrected chi connectivity index (χ4v) is 3.17. The quantitative estimate of drug-likeness (QED) is 0.801. The Balaban J connectivity index is 1.62. The Labute approximate surface area is 138 Å². The van der Waals surface area contributed by atoms with E-state index in [2.05, 4.69) is 4.90 Å². The summed E-state index contributed by atoms with van der Waals surface area (Å²) in [5, 5.41) is 0.918. The van der Waals surface area contributed by atoms with Gasteiger partial charge >= 0.3 is 0 Å². The van der Waals surface area contributed by atoms with Gasteiger partial charge in [-0.2, -0.15) is 0 Å². The van der Waals surface area contributed by atoms with E-state index in [1.54, 1.807) is 18.2 Å². The van der Waals surface area contributed by atoms with Crippen LogP contribution in [0.2, 0.25) is 0 Å². The molecule has 1 aliphatic heterocycles. The maximum Gasteiger partial charge on any atom is 0.234 e. The van der Waals surface area contributed by atoms with Crippen molar-refractivity contribution in [2.75, 3.05) is 6.54 Å². The van der Waals surface area contributed by atoms with Gasteiger partial charge in [-0.3, -0.25) is 9.69 Å². The molecule has 2 N–H and O–H groups in total. The summed E-state index contributed by atoms with van der Waals surface area (Å²) in [4.78, 5) is 13.4. The topological polar surface area (TPSA) is 59.5 Å². The largest absolute Gasteiger partial charge is 0.456 e. The van der Waals surface area contributed by atoms with Gasteiger partial charge in [0.2, 0.25) is 5.91 Å². The van der Waals surface area contributed by atoms with E-state index in [9.17, 15) is 9.18 Å². The number of carbonyl (C=O) groups is 1. The van der Waals surface area contributed by atoms with Crippen molar-refractivity contribution in [3.05, 3.63) is 59.9 Å². The fraction of sp³-hybridized carbons (Fsp3) is 0.211. The number of halogens is 1. The maximum absolute atomic E-state index is 13.9. The number of likely N-dealkylation sites (tertiary alicyclic amines) is 1. The number of primary amides is 1. The number of amides is 1. The first-order valence-electron chi connectivity index (χ1n) is 7.92. The number of carbonyl (C=O) groups excluding carboxylic acids is 1. The van der Waals surface area contributed by atoms with Crippen LogP contribution in [-0.4, -0.2) is 23.4 Å². The third-order valence-electron chi connectivity index (χ3n) is 4.56. The van der Waals surface area contributed by atoms with Gasteiger partial charge in [-0.1, -0.05) is 18.2 Å². The third kappa shape index (κ3) is 2.57. The lowest BCUT2D eigenvalue weighted by Crippen LogP contribution is -2.54. The van der Waals surface area contributed by atoms with E-state index in [1.807, 2.05) is 24.3 Å². The van der Waals surface area contributed by atoms with Crippen LogP contribution in [0.5, 0.6) is 0 Å². The molecule has 0 spiro atoms. The molecule has 0 bridgehead atoms. The van der Waals surface area contributed by atoms with Gasteiger partial charge in [0.1, 0.15) is 17.2 Å². The van der Waals surface area contributed by atoms with Crippen LogP contribution < -0.4 is 5.73 Å². The maximum atomic E-state index is 13.9. The van der Waals surface area contributed by atoms with E-state index in [0.29, 0.717) is 23.5 Å². The molecule has 2 heterocycles. The standard InChI is InChI=1S/C19H17FN2O2/c20-15-4-2-1-3-14(15)18-10-13-9-12(5-6-17(13)24-18)11-22-8-7-16(22)19(21)23/h1-6,9-10,16H,7-8,11H2,(H2,21,23). The Hall–Kier alpha value is -2.66. The van der Waals surface area contributed by atoms with Crippen LogP contribution in [0.25, 0.3) is 22.3 Å². The predicted octanol–water partition coefficient (Wildman–Crippen LogP) is 3.30. The van der Waals surface area contributed by atoms with Gasteiger partial charge in [-0.05, 0) is 42.3 Å². The van der Waals surface area contributed by atoms with Crippen LogP contribution in [0, 0.1) is 5.82 Å². The van der Waals surface area contributed by atoms with Gasteiger partial charge in [-0.15, -0.1) is 0 Å². The van der Waals surface area contributed by atoms with E-state index >= 15 is 0 Å². The lowest BCUT2D eigenvalue weighted by Gasteiger charge is -2.38. The van der Waals surface area contributed by atoms with E-state index < -0.39 is 0 Å². The van der Waals surface area contributed by atoms with E-state index in [0.717, 1.165) is 23.9 Å². The first-order valence-corrected chi connectivity index (χ1v) is 7.92. The zero-order valence-electron chi connectivity index (χ0n) is 13.0. The SMILES string of the molecule is NC(=O)C1CCN1Cc1ccc2oc(-c3ccccc3F)cc2c1. The van der Waals surface area contributed by atoms with Crippen molar-refractivity contribution >= 4 is 16.9 Å². The number of hydrogen-bond acceptors (Lipinski definition) is 3. The van der Waals surface area contributed by atoms with Gasteiger partial charge < -0.3 is 10.2 Å². The molecule has 122 valence electrons. The molecule has 0 saturated carbocycles. The van der Waals surface area contributed by atoms with Crippen LogP contribution >= 0.6 is 0 Å². The predicted molar refractivity (Wildman–Crippen MR) is 89.6 cm³/mol. The number of rotatable bonds is 4. The molecule has 2 aromatic carbocycles. The van der Waals surface area contributed by atoms with Crippen molar-refractivity contribution in [2.24, 2.45) is 5.73 Å². The molecule has 0 aliphatic carbocycles. The molecule has 1 aliphatic rings. The molecular formula is C19H17FN2O2. The molecule has 1 fully saturated rings. The van der Waals surface area contributed by atoms with Crippen molar-refractivity contribution in [3.63, 3.8) is 0 Å². The van der Waals surface area contributed by atoms with Crippen molar-refractivity contribution in [3.8, 4) is 11.3 Å². The Morgan fingerprint density at radius 1 is 1.25 bits per heavy atom. The zero-order chi connectivity index (χ0) is 16.7. The van der Waals surface area contributed by atoms with Crippen molar-refractivity contribution in [1.29, 1.82) is 0 Å². The number of furan rings is 1. The summed E-state index contributed by atoms with van der Waals surface area (Å²) in [6.45, 7) is 1.54. The first kappa shape index (κ1) is 14.9. The van der Waals surface area contributed by atoms with E-state index in [-0.39, 0.29) is 17.8 Å². The van der Waals surface area contributed by atoms with Gasteiger partial charge in [0.15, 0.2) is 0 Å². The van der Waals surface area contributed by atoms with Crippen molar-refractivity contribution < 1.29 is 13.6 Å². The minimum absolute atomic E-state index is 0.168. The summed E-state index contributed by atoms with van der Waals surface area (Å²) in [5.41, 5.74) is 7.63. The summed E-state index contributed by atoms with van der Waals surface area (Å²) in [5.74, 6) is -0.0617. The Morgan fingerprint density at radius 2 is 2.08 bits per heavy atom. The summed E-state index contributed by atoms with van der Waals surface area (Å²) < 4.78 is 19.7. The highest BCUT2D eigenvalue weighted by molar-refractivity contribution is 5.83. The summed E-state index contributed by atoms with van der Waals surface area (Å²) in [6.07, 6.45) is 0.820. The Bertz CT molecular complexity index is 919. The third-order valence-corrected chi connectivity index (χ3v) is 4.56. The van der Waals surface area contributed by atoms with Crippen LogP contribution in [0.3, 0.4) is 0 Å². The minimum Gasteiger partial charge on any atom is -0.456 e. The van der Waals surface area contributed by atoms with Crippen LogP contribution in [0.15, 0.2) is 52.9 Å². The molecule has 24 heavy (non-hydrogen) atoms. The van der Waals surface area contributed by atoms with Gasteiger partial charge in [0, 0.05) is 18.5 Å². The summed E-state index contributed by atoms with van der Waals surface area (Å²) >= 11 is 0. The fourth-order valence-electron chi connectivity index (χ4n) is 3.17. The Morgan fingerprint density at radius 3 is 2.79 bits per heavy atom. The first-order chi connectivity index (χ1) is 11.6. The lowest BCUT2D eigenvalue weighted by atomic mass is 10.0. The highest BCUT2D eigenvalue weighted by atomic mass is 19.1. The molecule has 3 aromatic rings. The molecule has 1 amide bonds. The molecule has 4 nitrogen and oxygen atoms in total. The monoisotopic (exact) mass is 324 g/mol. The second-order valence-corrected chi connectivity index (χ2v) is 6.14. The van der Waals surface area contributed by atoms with Crippen molar-refractivity contribution in [2.45, 2.75) is 19.0 Å². The molecule has 1 atom stereocenters. The lowest BCUT2D eigenvalue weighted by molar-refractivity contribution is -0.127. The number of fused-ring (bicyclic) bond motifs is 1. The second-order valence-electron chi connectivity index (χ2n) is 6.14. The average molecular weight is 324 g/mol.